The lowest BCUT2D eigenvalue weighted by Gasteiger charge is -2.32. The van der Waals surface area contributed by atoms with Crippen molar-refractivity contribution in [3.05, 3.63) is 28.8 Å². The van der Waals surface area contributed by atoms with Gasteiger partial charge in [0.05, 0.1) is 7.11 Å². The van der Waals surface area contributed by atoms with Crippen LogP contribution < -0.4 is 10.5 Å². The molecule has 0 spiro atoms. The van der Waals surface area contributed by atoms with Crippen LogP contribution in [0.5, 0.6) is 5.75 Å². The van der Waals surface area contributed by atoms with Crippen LogP contribution in [0.15, 0.2) is 12.1 Å². The zero-order valence-corrected chi connectivity index (χ0v) is 10.4. The van der Waals surface area contributed by atoms with Crippen LogP contribution in [0.1, 0.15) is 42.0 Å². The van der Waals surface area contributed by atoms with Gasteiger partial charge in [-0.25, -0.2) is 0 Å². The van der Waals surface area contributed by atoms with Crippen LogP contribution in [-0.4, -0.2) is 7.11 Å². The van der Waals surface area contributed by atoms with E-state index in [1.807, 2.05) is 0 Å². The van der Waals surface area contributed by atoms with Gasteiger partial charge in [-0.05, 0) is 43.7 Å². The number of hydrogen-bond donors (Lipinski definition) is 1. The molecule has 1 fully saturated rings. The second-order valence-corrected chi connectivity index (χ2v) is 4.85. The third-order valence-corrected chi connectivity index (χ3v) is 3.93. The summed E-state index contributed by atoms with van der Waals surface area (Å²) in [6.07, 6.45) is 3.85. The number of nitrogens with two attached hydrogens (primary N) is 1. The Hall–Kier alpha value is -1.02. The average Bonchev–Trinajstić information content (AvgIpc) is 2.19. The molecule has 0 aliphatic heterocycles. The molecule has 2 heteroatoms. The first-order valence-electron chi connectivity index (χ1n) is 6.04. The molecule has 0 bridgehead atoms. The topological polar surface area (TPSA) is 35.2 Å². The molecule has 1 saturated carbocycles. The molecular weight excluding hydrogens is 198 g/mol. The summed E-state index contributed by atoms with van der Waals surface area (Å²) in [5.41, 5.74) is 9.97. The van der Waals surface area contributed by atoms with Crippen molar-refractivity contribution in [2.24, 2.45) is 11.7 Å². The summed E-state index contributed by atoms with van der Waals surface area (Å²) in [6.45, 7) is 4.21. The molecule has 0 radical (unpaired) electrons. The molecule has 0 heterocycles. The van der Waals surface area contributed by atoms with Gasteiger partial charge in [-0.15, -0.1) is 0 Å². The van der Waals surface area contributed by atoms with Crippen LogP contribution in [0.2, 0.25) is 0 Å². The Bertz CT molecular complexity index is 383. The Morgan fingerprint density at radius 1 is 1.31 bits per heavy atom. The van der Waals surface area contributed by atoms with Gasteiger partial charge in [-0.1, -0.05) is 18.6 Å². The van der Waals surface area contributed by atoms with Crippen molar-refractivity contribution >= 4 is 0 Å². The predicted octanol–water partition coefficient (Wildman–Crippen LogP) is 3.11. The predicted molar refractivity (Wildman–Crippen MR) is 66.7 cm³/mol. The molecule has 16 heavy (non-hydrogen) atoms. The van der Waals surface area contributed by atoms with Crippen molar-refractivity contribution in [2.45, 2.75) is 39.2 Å². The fourth-order valence-corrected chi connectivity index (χ4v) is 2.40. The van der Waals surface area contributed by atoms with Gasteiger partial charge in [0.15, 0.2) is 0 Å². The van der Waals surface area contributed by atoms with Crippen LogP contribution in [0.25, 0.3) is 0 Å². The lowest BCUT2D eigenvalue weighted by atomic mass is 9.77. The highest BCUT2D eigenvalue weighted by Crippen LogP contribution is 2.40. The van der Waals surface area contributed by atoms with Crippen LogP contribution >= 0.6 is 0 Å². The van der Waals surface area contributed by atoms with Gasteiger partial charge < -0.3 is 10.5 Å². The van der Waals surface area contributed by atoms with E-state index in [1.54, 1.807) is 7.11 Å². The van der Waals surface area contributed by atoms with Crippen molar-refractivity contribution in [2.75, 3.05) is 7.11 Å². The van der Waals surface area contributed by atoms with E-state index < -0.39 is 0 Å². The molecule has 0 aromatic heterocycles. The van der Waals surface area contributed by atoms with E-state index in [2.05, 4.69) is 26.0 Å². The molecule has 0 amide bonds. The monoisotopic (exact) mass is 219 g/mol. The molecule has 1 unspecified atom stereocenters. The molecule has 2 N–H and O–H groups in total. The van der Waals surface area contributed by atoms with Gasteiger partial charge in [0.25, 0.3) is 0 Å². The SMILES string of the molecule is COc1c(C(N)C2CCC2)ccc(C)c1C. The first kappa shape index (κ1) is 11.5. The zero-order chi connectivity index (χ0) is 11.7. The summed E-state index contributed by atoms with van der Waals surface area (Å²) in [5, 5.41) is 0. The summed E-state index contributed by atoms with van der Waals surface area (Å²) in [6, 6.07) is 4.42. The van der Waals surface area contributed by atoms with E-state index >= 15 is 0 Å². The first-order chi connectivity index (χ1) is 7.65. The Morgan fingerprint density at radius 3 is 2.50 bits per heavy atom. The van der Waals surface area contributed by atoms with E-state index in [-0.39, 0.29) is 6.04 Å². The highest BCUT2D eigenvalue weighted by Gasteiger charge is 2.28. The Balaban J connectivity index is 2.35. The lowest BCUT2D eigenvalue weighted by Crippen LogP contribution is -2.27. The van der Waals surface area contributed by atoms with Gasteiger partial charge in [0.2, 0.25) is 0 Å². The van der Waals surface area contributed by atoms with Crippen molar-refractivity contribution in [1.29, 1.82) is 0 Å². The van der Waals surface area contributed by atoms with Crippen molar-refractivity contribution in [1.82, 2.24) is 0 Å². The normalized spacial score (nSPS) is 18.0. The molecule has 1 aromatic carbocycles. The van der Waals surface area contributed by atoms with E-state index in [0.29, 0.717) is 5.92 Å². The fourth-order valence-electron chi connectivity index (χ4n) is 2.40. The van der Waals surface area contributed by atoms with E-state index in [4.69, 9.17) is 10.5 Å². The molecule has 1 aliphatic rings. The van der Waals surface area contributed by atoms with Crippen LogP contribution in [0, 0.1) is 19.8 Å². The zero-order valence-electron chi connectivity index (χ0n) is 10.4. The van der Waals surface area contributed by atoms with Crippen molar-refractivity contribution in [3.8, 4) is 5.75 Å². The van der Waals surface area contributed by atoms with Gasteiger partial charge in [-0.2, -0.15) is 0 Å². The van der Waals surface area contributed by atoms with Crippen molar-refractivity contribution in [3.63, 3.8) is 0 Å². The quantitative estimate of drug-likeness (QED) is 0.847. The highest BCUT2D eigenvalue weighted by atomic mass is 16.5. The molecule has 2 nitrogen and oxygen atoms in total. The maximum Gasteiger partial charge on any atom is 0.126 e. The average molecular weight is 219 g/mol. The minimum absolute atomic E-state index is 0.142. The second-order valence-electron chi connectivity index (χ2n) is 4.85. The summed E-state index contributed by atoms with van der Waals surface area (Å²) in [5.74, 6) is 1.63. The third kappa shape index (κ3) is 1.82. The first-order valence-corrected chi connectivity index (χ1v) is 6.04. The summed E-state index contributed by atoms with van der Waals surface area (Å²) in [7, 11) is 1.73. The highest BCUT2D eigenvalue weighted by molar-refractivity contribution is 5.47. The maximum absolute atomic E-state index is 6.32. The van der Waals surface area contributed by atoms with Crippen LogP contribution in [0.3, 0.4) is 0 Å². The van der Waals surface area contributed by atoms with Crippen LogP contribution in [0.4, 0.5) is 0 Å². The number of hydrogen-bond acceptors (Lipinski definition) is 2. The molecule has 1 atom stereocenters. The number of methoxy groups -OCH3 is 1. The second kappa shape index (κ2) is 4.46. The van der Waals surface area contributed by atoms with Gasteiger partial charge >= 0.3 is 0 Å². The van der Waals surface area contributed by atoms with Crippen LogP contribution in [-0.2, 0) is 0 Å². The number of aryl methyl sites for hydroxylation is 1. The number of rotatable bonds is 3. The molecule has 2 rings (SSSR count). The minimum atomic E-state index is 0.142. The van der Waals surface area contributed by atoms with Gasteiger partial charge in [0, 0.05) is 11.6 Å². The molecule has 0 saturated heterocycles. The molecule has 88 valence electrons. The third-order valence-electron chi connectivity index (χ3n) is 3.93. The number of benzene rings is 1. The standard InChI is InChI=1S/C14H21NO/c1-9-7-8-12(14(16-3)10(9)2)13(15)11-5-4-6-11/h7-8,11,13H,4-6,15H2,1-3H3. The smallest absolute Gasteiger partial charge is 0.126 e. The molecule has 1 aliphatic carbocycles. The Morgan fingerprint density at radius 2 is 2.00 bits per heavy atom. The Kier molecular flexibility index (Phi) is 3.20. The van der Waals surface area contributed by atoms with Gasteiger partial charge in [-0.3, -0.25) is 0 Å². The fraction of sp³-hybridized carbons (Fsp3) is 0.571. The Labute approximate surface area is 97.8 Å². The molecular formula is C14H21NO. The minimum Gasteiger partial charge on any atom is -0.496 e. The largest absolute Gasteiger partial charge is 0.496 e. The maximum atomic E-state index is 6.32. The van der Waals surface area contributed by atoms with Gasteiger partial charge in [0.1, 0.15) is 5.75 Å². The summed E-state index contributed by atoms with van der Waals surface area (Å²) < 4.78 is 5.52. The van der Waals surface area contributed by atoms with E-state index in [0.717, 1.165) is 5.75 Å². The van der Waals surface area contributed by atoms with E-state index in [9.17, 15) is 0 Å². The molecule has 1 aromatic rings. The summed E-state index contributed by atoms with van der Waals surface area (Å²) >= 11 is 0. The van der Waals surface area contributed by atoms with E-state index in [1.165, 1.54) is 36.0 Å². The summed E-state index contributed by atoms with van der Waals surface area (Å²) in [4.78, 5) is 0. The lowest BCUT2D eigenvalue weighted by molar-refractivity contribution is 0.259. The number of ether oxygens (including phenoxy) is 1. The van der Waals surface area contributed by atoms with Crippen molar-refractivity contribution < 1.29 is 4.74 Å².